The maximum atomic E-state index is 12.7. The molecule has 0 saturated carbocycles. The number of para-hydroxylation sites is 1. The molecule has 2 heterocycles. The number of rotatable bonds is 8. The average Bonchev–Trinajstić information content (AvgIpc) is 3.11. The predicted molar refractivity (Wildman–Crippen MR) is 129 cm³/mol. The number of amides is 1. The van der Waals surface area contributed by atoms with Crippen molar-refractivity contribution in [1.29, 1.82) is 0 Å². The number of carbonyl (C=O) groups is 2. The average molecular weight is 444 g/mol. The van der Waals surface area contributed by atoms with Crippen LogP contribution in [0.3, 0.4) is 0 Å². The summed E-state index contributed by atoms with van der Waals surface area (Å²) in [6.07, 6.45) is 1.55. The highest BCUT2D eigenvalue weighted by Gasteiger charge is 2.29. The van der Waals surface area contributed by atoms with Gasteiger partial charge in [-0.2, -0.15) is 0 Å². The van der Waals surface area contributed by atoms with Crippen LogP contribution in [0.5, 0.6) is 0 Å². The van der Waals surface area contributed by atoms with Crippen LogP contribution >= 0.6 is 11.3 Å². The molecule has 31 heavy (non-hydrogen) atoms. The molecule has 0 spiro atoms. The van der Waals surface area contributed by atoms with Crippen molar-refractivity contribution in [3.8, 4) is 0 Å². The van der Waals surface area contributed by atoms with Gasteiger partial charge in [0.15, 0.2) is 0 Å². The lowest BCUT2D eigenvalue weighted by atomic mass is 10.0. The third-order valence-electron chi connectivity index (χ3n) is 5.88. The lowest BCUT2D eigenvalue weighted by Gasteiger charge is -2.37. The number of esters is 1. The van der Waals surface area contributed by atoms with E-state index in [4.69, 9.17) is 4.74 Å². The van der Waals surface area contributed by atoms with Gasteiger partial charge in [-0.05, 0) is 38.8 Å². The zero-order chi connectivity index (χ0) is 22.4. The molecule has 168 valence electrons. The first-order valence-corrected chi connectivity index (χ1v) is 12.0. The minimum atomic E-state index is -0.370. The van der Waals surface area contributed by atoms with E-state index in [-0.39, 0.29) is 17.8 Å². The predicted octanol–water partition coefficient (Wildman–Crippen LogP) is 4.93. The first-order chi connectivity index (χ1) is 15.0. The van der Waals surface area contributed by atoms with Gasteiger partial charge >= 0.3 is 5.97 Å². The molecule has 2 aromatic rings. The van der Waals surface area contributed by atoms with Crippen molar-refractivity contribution >= 4 is 38.9 Å². The molecule has 1 saturated heterocycles. The number of nitrogens with one attached hydrogen (secondary N) is 1. The second kappa shape index (κ2) is 10.7. The minimum Gasteiger partial charge on any atom is -0.462 e. The second-order valence-electron chi connectivity index (χ2n) is 7.77. The molecule has 0 bridgehead atoms. The number of hydrogen-bond donors (Lipinski definition) is 1. The Labute approximate surface area is 189 Å². The second-order valence-corrected chi connectivity index (χ2v) is 8.77. The van der Waals surface area contributed by atoms with Gasteiger partial charge in [-0.1, -0.05) is 43.4 Å². The van der Waals surface area contributed by atoms with Crippen molar-refractivity contribution in [1.82, 2.24) is 0 Å². The number of carbonyl (C=O) groups excluding carboxylic acids is 2. The Kier molecular flexibility index (Phi) is 7.96. The molecule has 0 atom stereocenters. The number of benzene rings is 1. The Bertz CT molecular complexity index is 885. The molecule has 1 aromatic carbocycles. The maximum Gasteiger partial charge on any atom is 0.341 e. The summed E-state index contributed by atoms with van der Waals surface area (Å²) >= 11 is 1.49. The Morgan fingerprint density at radius 2 is 1.65 bits per heavy atom. The van der Waals surface area contributed by atoms with E-state index in [1.54, 1.807) is 6.92 Å². The van der Waals surface area contributed by atoms with Crippen LogP contribution in [-0.4, -0.2) is 44.7 Å². The van der Waals surface area contributed by atoms with Gasteiger partial charge in [-0.15, -0.1) is 0 Å². The fraction of sp³-hybridized carbons (Fsp3) is 0.500. The van der Waals surface area contributed by atoms with Crippen LogP contribution in [0.1, 0.15) is 49.5 Å². The maximum absolute atomic E-state index is 12.7. The zero-order valence-electron chi connectivity index (χ0n) is 18.9. The molecule has 1 fully saturated rings. The van der Waals surface area contributed by atoms with E-state index in [1.165, 1.54) is 17.0 Å². The van der Waals surface area contributed by atoms with Crippen LogP contribution in [0.25, 0.3) is 0 Å². The number of nitrogens with zero attached hydrogens (tertiary/aromatic N) is 2. The summed E-state index contributed by atoms with van der Waals surface area (Å²) in [5, 5.41) is 4.67. The summed E-state index contributed by atoms with van der Waals surface area (Å²) in [5.74, 6) is -0.460. The molecule has 1 aliphatic rings. The first kappa shape index (κ1) is 23.1. The van der Waals surface area contributed by atoms with Gasteiger partial charge in [-0.3, -0.25) is 4.79 Å². The monoisotopic (exact) mass is 443 g/mol. The lowest BCUT2D eigenvalue weighted by Crippen LogP contribution is -2.46. The van der Waals surface area contributed by atoms with Crippen LogP contribution in [-0.2, 0) is 9.53 Å². The number of ether oxygens (including phenoxy) is 1. The molecular weight excluding hydrogens is 410 g/mol. The minimum absolute atomic E-state index is 0.0303. The summed E-state index contributed by atoms with van der Waals surface area (Å²) < 4.78 is 5.31. The molecule has 1 aliphatic heterocycles. The van der Waals surface area contributed by atoms with Crippen molar-refractivity contribution in [3.63, 3.8) is 0 Å². The van der Waals surface area contributed by atoms with Crippen LogP contribution in [0.4, 0.5) is 15.7 Å². The third-order valence-corrected chi connectivity index (χ3v) is 7.15. The molecule has 6 nitrogen and oxygen atoms in total. The van der Waals surface area contributed by atoms with E-state index < -0.39 is 0 Å². The quantitative estimate of drug-likeness (QED) is 0.586. The van der Waals surface area contributed by atoms with Gasteiger partial charge in [0.1, 0.15) is 5.00 Å². The van der Waals surface area contributed by atoms with E-state index in [0.717, 1.165) is 49.6 Å². The molecular formula is C24H33N3O3S. The van der Waals surface area contributed by atoms with Crippen molar-refractivity contribution in [2.24, 2.45) is 5.92 Å². The first-order valence-electron chi connectivity index (χ1n) is 11.2. The van der Waals surface area contributed by atoms with Gasteiger partial charge < -0.3 is 19.9 Å². The molecule has 1 amide bonds. The van der Waals surface area contributed by atoms with E-state index in [0.29, 0.717) is 17.2 Å². The fourth-order valence-corrected chi connectivity index (χ4v) is 5.27. The standard InChI is InChI=1S/C24H33N3O3S/c1-5-18(6-2)21(28)25-22-20(24(29)30-7-3)17(4)23(31-22)27-15-13-26(14-16-27)19-11-9-8-10-12-19/h8-12,18H,5-7,13-16H2,1-4H3,(H,25,28). The highest BCUT2D eigenvalue weighted by molar-refractivity contribution is 7.20. The van der Waals surface area contributed by atoms with Crippen molar-refractivity contribution in [2.45, 2.75) is 40.5 Å². The molecule has 0 unspecified atom stereocenters. The van der Waals surface area contributed by atoms with Crippen molar-refractivity contribution in [2.75, 3.05) is 47.9 Å². The summed E-state index contributed by atoms with van der Waals surface area (Å²) in [5.41, 5.74) is 2.61. The van der Waals surface area contributed by atoms with E-state index in [1.807, 2.05) is 26.8 Å². The highest BCUT2D eigenvalue weighted by atomic mass is 32.1. The lowest BCUT2D eigenvalue weighted by molar-refractivity contribution is -0.120. The van der Waals surface area contributed by atoms with Crippen molar-refractivity contribution in [3.05, 3.63) is 41.5 Å². The van der Waals surface area contributed by atoms with Crippen LogP contribution in [0.2, 0.25) is 0 Å². The van der Waals surface area contributed by atoms with Gasteiger partial charge in [0.2, 0.25) is 5.91 Å². The summed E-state index contributed by atoms with van der Waals surface area (Å²) in [4.78, 5) is 30.1. The Balaban J connectivity index is 1.82. The topological polar surface area (TPSA) is 61.9 Å². The fourth-order valence-electron chi connectivity index (χ4n) is 4.02. The van der Waals surface area contributed by atoms with Crippen LogP contribution in [0.15, 0.2) is 30.3 Å². The Morgan fingerprint density at radius 3 is 2.23 bits per heavy atom. The van der Waals surface area contributed by atoms with E-state index >= 15 is 0 Å². The van der Waals surface area contributed by atoms with Gasteiger partial charge in [0.05, 0.1) is 17.2 Å². The molecule has 0 radical (unpaired) electrons. The largest absolute Gasteiger partial charge is 0.462 e. The molecule has 3 rings (SSSR count). The number of piperazine rings is 1. The molecule has 1 N–H and O–H groups in total. The molecule has 0 aliphatic carbocycles. The molecule has 7 heteroatoms. The number of hydrogen-bond acceptors (Lipinski definition) is 6. The van der Waals surface area contributed by atoms with Crippen LogP contribution in [0, 0.1) is 12.8 Å². The van der Waals surface area contributed by atoms with Gasteiger partial charge in [0.25, 0.3) is 0 Å². The van der Waals surface area contributed by atoms with E-state index in [9.17, 15) is 9.59 Å². The highest BCUT2D eigenvalue weighted by Crippen LogP contribution is 2.41. The normalized spacial score (nSPS) is 14.1. The Hall–Kier alpha value is -2.54. The smallest absolute Gasteiger partial charge is 0.341 e. The molecule has 1 aromatic heterocycles. The SMILES string of the molecule is CCOC(=O)c1c(NC(=O)C(CC)CC)sc(N2CCN(c3ccccc3)CC2)c1C. The van der Waals surface area contributed by atoms with E-state index in [2.05, 4.69) is 39.4 Å². The van der Waals surface area contributed by atoms with Gasteiger partial charge in [-0.25, -0.2) is 4.79 Å². The third kappa shape index (κ3) is 5.21. The summed E-state index contributed by atoms with van der Waals surface area (Å²) in [7, 11) is 0. The summed E-state index contributed by atoms with van der Waals surface area (Å²) in [6.45, 7) is 11.6. The van der Waals surface area contributed by atoms with Crippen molar-refractivity contribution < 1.29 is 14.3 Å². The summed E-state index contributed by atoms with van der Waals surface area (Å²) in [6, 6.07) is 10.4. The zero-order valence-corrected chi connectivity index (χ0v) is 19.8. The number of thiophene rings is 1. The van der Waals surface area contributed by atoms with Gasteiger partial charge in [0, 0.05) is 43.3 Å². The van der Waals surface area contributed by atoms with Crippen LogP contribution < -0.4 is 15.1 Å². The Morgan fingerprint density at radius 1 is 1.03 bits per heavy atom. The number of anilines is 3.